The Hall–Kier alpha value is -1.40. The second-order valence-electron chi connectivity index (χ2n) is 6.72. The van der Waals surface area contributed by atoms with Gasteiger partial charge in [-0.1, -0.05) is 6.42 Å². The van der Waals surface area contributed by atoms with E-state index < -0.39 is 0 Å². The minimum absolute atomic E-state index is 0.0817. The first-order valence-corrected chi connectivity index (χ1v) is 8.24. The summed E-state index contributed by atoms with van der Waals surface area (Å²) < 4.78 is 1.73. The maximum atomic E-state index is 12.8. The molecule has 22 heavy (non-hydrogen) atoms. The van der Waals surface area contributed by atoms with Crippen molar-refractivity contribution in [3.63, 3.8) is 0 Å². The standard InChI is InChI=1S/C16H26N4O2/c1-18(10-12-5-3-7-15(12)21)14-6-4-8-20(16(14)22)13-9-17-19(2)11-13/h9,11-12,14-15,21H,3-8,10H2,1-2H3. The van der Waals surface area contributed by atoms with E-state index in [1.54, 1.807) is 10.9 Å². The number of carbonyl (C=O) groups excluding carboxylic acids is 1. The van der Waals surface area contributed by atoms with Crippen molar-refractivity contribution in [2.75, 3.05) is 25.0 Å². The van der Waals surface area contributed by atoms with Gasteiger partial charge in [0.15, 0.2) is 0 Å². The van der Waals surface area contributed by atoms with Gasteiger partial charge in [0.05, 0.1) is 24.0 Å². The molecule has 1 aromatic rings. The van der Waals surface area contributed by atoms with E-state index in [2.05, 4.69) is 10.00 Å². The van der Waals surface area contributed by atoms with Crippen LogP contribution in [0, 0.1) is 5.92 Å². The van der Waals surface area contributed by atoms with Crippen LogP contribution in [0.3, 0.4) is 0 Å². The highest BCUT2D eigenvalue weighted by Crippen LogP contribution is 2.28. The van der Waals surface area contributed by atoms with Crippen LogP contribution in [0.2, 0.25) is 0 Å². The molecular weight excluding hydrogens is 280 g/mol. The quantitative estimate of drug-likeness (QED) is 0.902. The van der Waals surface area contributed by atoms with E-state index in [0.717, 1.165) is 50.9 Å². The third kappa shape index (κ3) is 3.03. The maximum absolute atomic E-state index is 12.8. The van der Waals surface area contributed by atoms with Crippen molar-refractivity contribution in [1.29, 1.82) is 0 Å². The van der Waals surface area contributed by atoms with Crippen LogP contribution in [0.15, 0.2) is 12.4 Å². The van der Waals surface area contributed by atoms with Crippen LogP contribution in [-0.2, 0) is 11.8 Å². The number of aliphatic hydroxyl groups excluding tert-OH is 1. The molecule has 2 heterocycles. The minimum atomic E-state index is -0.199. The molecule has 3 rings (SSSR count). The number of nitrogens with zero attached hydrogens (tertiary/aromatic N) is 4. The molecule has 1 saturated carbocycles. The van der Waals surface area contributed by atoms with Crippen molar-refractivity contribution in [3.8, 4) is 0 Å². The van der Waals surface area contributed by atoms with Crippen molar-refractivity contribution in [2.24, 2.45) is 13.0 Å². The van der Waals surface area contributed by atoms with E-state index in [0.29, 0.717) is 5.92 Å². The average molecular weight is 306 g/mol. The van der Waals surface area contributed by atoms with Crippen LogP contribution in [0.5, 0.6) is 0 Å². The van der Waals surface area contributed by atoms with Crippen LogP contribution in [0.1, 0.15) is 32.1 Å². The fourth-order valence-electron chi connectivity index (χ4n) is 3.80. The van der Waals surface area contributed by atoms with Gasteiger partial charge in [0.2, 0.25) is 5.91 Å². The van der Waals surface area contributed by atoms with Crippen molar-refractivity contribution >= 4 is 11.6 Å². The van der Waals surface area contributed by atoms with Gasteiger partial charge in [-0.15, -0.1) is 0 Å². The van der Waals surface area contributed by atoms with Gasteiger partial charge in [0, 0.05) is 26.3 Å². The summed E-state index contributed by atoms with van der Waals surface area (Å²) in [5.74, 6) is 0.473. The van der Waals surface area contributed by atoms with Crippen molar-refractivity contribution < 1.29 is 9.90 Å². The van der Waals surface area contributed by atoms with Gasteiger partial charge >= 0.3 is 0 Å². The van der Waals surface area contributed by atoms with Gasteiger partial charge in [-0.3, -0.25) is 14.4 Å². The lowest BCUT2D eigenvalue weighted by Crippen LogP contribution is -2.52. The molecular formula is C16H26N4O2. The van der Waals surface area contributed by atoms with Gasteiger partial charge in [0.25, 0.3) is 0 Å². The molecule has 0 bridgehead atoms. The predicted molar refractivity (Wildman–Crippen MR) is 84.6 cm³/mol. The summed E-state index contributed by atoms with van der Waals surface area (Å²) in [6.45, 7) is 1.57. The van der Waals surface area contributed by atoms with Crippen LogP contribution >= 0.6 is 0 Å². The molecule has 1 aliphatic carbocycles. The Kier molecular flexibility index (Phi) is 4.49. The topological polar surface area (TPSA) is 61.6 Å². The molecule has 122 valence electrons. The highest BCUT2D eigenvalue weighted by atomic mass is 16.3. The smallest absolute Gasteiger partial charge is 0.244 e. The molecule has 3 atom stereocenters. The van der Waals surface area contributed by atoms with E-state index in [1.807, 2.05) is 25.2 Å². The highest BCUT2D eigenvalue weighted by molar-refractivity contribution is 5.97. The number of aliphatic hydroxyl groups is 1. The van der Waals surface area contributed by atoms with Crippen LogP contribution in [0.25, 0.3) is 0 Å². The average Bonchev–Trinajstić information content (AvgIpc) is 3.08. The number of piperidine rings is 1. The third-order valence-electron chi connectivity index (χ3n) is 5.09. The van der Waals surface area contributed by atoms with Gasteiger partial charge < -0.3 is 10.0 Å². The molecule has 1 aromatic heterocycles. The Balaban J connectivity index is 1.66. The van der Waals surface area contributed by atoms with E-state index in [4.69, 9.17) is 0 Å². The summed E-state index contributed by atoms with van der Waals surface area (Å²) in [5, 5.41) is 14.2. The number of hydrogen-bond donors (Lipinski definition) is 1. The lowest BCUT2D eigenvalue weighted by atomic mass is 10.00. The number of amides is 1. The zero-order chi connectivity index (χ0) is 15.7. The summed E-state index contributed by atoms with van der Waals surface area (Å²) in [7, 11) is 3.88. The summed E-state index contributed by atoms with van der Waals surface area (Å²) >= 11 is 0. The monoisotopic (exact) mass is 306 g/mol. The Morgan fingerprint density at radius 3 is 2.82 bits per heavy atom. The summed E-state index contributed by atoms with van der Waals surface area (Å²) in [4.78, 5) is 16.8. The molecule has 6 heteroatoms. The highest BCUT2D eigenvalue weighted by Gasteiger charge is 2.35. The predicted octanol–water partition coefficient (Wildman–Crippen LogP) is 1.01. The van der Waals surface area contributed by atoms with E-state index >= 15 is 0 Å². The van der Waals surface area contributed by atoms with Gasteiger partial charge in [0.1, 0.15) is 0 Å². The fraction of sp³-hybridized carbons (Fsp3) is 0.750. The molecule has 0 aromatic carbocycles. The summed E-state index contributed by atoms with van der Waals surface area (Å²) in [6, 6.07) is -0.0817. The van der Waals surface area contributed by atoms with E-state index in [-0.39, 0.29) is 18.1 Å². The van der Waals surface area contributed by atoms with Crippen LogP contribution < -0.4 is 4.90 Å². The second-order valence-corrected chi connectivity index (χ2v) is 6.72. The van der Waals surface area contributed by atoms with Gasteiger partial charge in [-0.05, 0) is 38.6 Å². The number of carbonyl (C=O) groups is 1. The first-order valence-electron chi connectivity index (χ1n) is 8.24. The van der Waals surface area contributed by atoms with E-state index in [9.17, 15) is 9.90 Å². The first-order chi connectivity index (χ1) is 10.6. The number of anilines is 1. The Morgan fingerprint density at radius 2 is 2.18 bits per heavy atom. The molecule has 0 spiro atoms. The Labute approximate surface area is 131 Å². The Morgan fingerprint density at radius 1 is 1.36 bits per heavy atom. The molecule has 2 aliphatic rings. The molecule has 1 amide bonds. The lowest BCUT2D eigenvalue weighted by molar-refractivity contribution is -0.125. The first kappa shape index (κ1) is 15.5. The zero-order valence-electron chi connectivity index (χ0n) is 13.5. The Bertz CT molecular complexity index is 530. The molecule has 1 N–H and O–H groups in total. The largest absolute Gasteiger partial charge is 0.393 e. The van der Waals surface area contributed by atoms with E-state index in [1.165, 1.54) is 0 Å². The molecule has 3 unspecified atom stereocenters. The van der Waals surface area contributed by atoms with Crippen molar-refractivity contribution in [1.82, 2.24) is 14.7 Å². The molecule has 6 nitrogen and oxygen atoms in total. The second kappa shape index (κ2) is 6.38. The molecule has 1 saturated heterocycles. The van der Waals surface area contributed by atoms with Gasteiger partial charge in [-0.2, -0.15) is 5.10 Å². The fourth-order valence-corrected chi connectivity index (χ4v) is 3.80. The minimum Gasteiger partial charge on any atom is -0.393 e. The molecule has 1 aliphatic heterocycles. The number of aromatic nitrogens is 2. The van der Waals surface area contributed by atoms with Crippen molar-refractivity contribution in [2.45, 2.75) is 44.2 Å². The SMILES string of the molecule is CN(CC1CCCC1O)C1CCCN(c2cnn(C)c2)C1=O. The number of aryl methyl sites for hydroxylation is 1. The molecule has 0 radical (unpaired) electrons. The third-order valence-corrected chi connectivity index (χ3v) is 5.09. The van der Waals surface area contributed by atoms with Gasteiger partial charge in [-0.25, -0.2) is 0 Å². The normalized spacial score (nSPS) is 29.5. The number of hydrogen-bond acceptors (Lipinski definition) is 4. The zero-order valence-corrected chi connectivity index (χ0v) is 13.5. The number of rotatable bonds is 4. The van der Waals surface area contributed by atoms with Crippen LogP contribution in [-0.4, -0.2) is 58.0 Å². The van der Waals surface area contributed by atoms with Crippen molar-refractivity contribution in [3.05, 3.63) is 12.4 Å². The summed E-state index contributed by atoms with van der Waals surface area (Å²) in [6.07, 6.45) is 8.41. The summed E-state index contributed by atoms with van der Waals surface area (Å²) in [5.41, 5.74) is 0.881. The van der Waals surface area contributed by atoms with Crippen LogP contribution in [0.4, 0.5) is 5.69 Å². The maximum Gasteiger partial charge on any atom is 0.244 e. The number of likely N-dealkylation sites (N-methyl/N-ethyl adjacent to an activating group) is 1. The molecule has 2 fully saturated rings. The lowest BCUT2D eigenvalue weighted by Gasteiger charge is -2.37.